The zero-order chi connectivity index (χ0) is 17.0. The number of aryl methyl sites for hydroxylation is 1. The van der Waals surface area contributed by atoms with E-state index in [1.807, 2.05) is 13.0 Å². The van der Waals surface area contributed by atoms with Crippen LogP contribution in [0.15, 0.2) is 18.2 Å². The van der Waals surface area contributed by atoms with Crippen molar-refractivity contribution in [2.75, 3.05) is 13.1 Å². The second kappa shape index (κ2) is 7.14. The zero-order valence-electron chi connectivity index (χ0n) is 14.6. The fourth-order valence-electron chi connectivity index (χ4n) is 3.12. The van der Waals surface area contributed by atoms with Gasteiger partial charge >= 0.3 is 0 Å². The van der Waals surface area contributed by atoms with Gasteiger partial charge in [0.05, 0.1) is 11.6 Å². The smallest absolute Gasteiger partial charge is 0.252 e. The van der Waals surface area contributed by atoms with E-state index < -0.39 is 0 Å². The summed E-state index contributed by atoms with van der Waals surface area (Å²) in [4.78, 5) is 15.1. The summed E-state index contributed by atoms with van der Waals surface area (Å²) in [6, 6.07) is 7.97. The van der Waals surface area contributed by atoms with Gasteiger partial charge in [0, 0.05) is 30.2 Å². The third-order valence-corrected chi connectivity index (χ3v) is 5.14. The normalized spacial score (nSPS) is 18.9. The summed E-state index contributed by atoms with van der Waals surface area (Å²) >= 11 is 0. The SMILES string of the molecule is CCC(C)N1CCC(C)(NC(=O)c2cc(C#N)ccc2C)CC1. The molecule has 0 bridgehead atoms. The van der Waals surface area contributed by atoms with Crippen LogP contribution in [0.2, 0.25) is 0 Å². The molecule has 1 aromatic rings. The van der Waals surface area contributed by atoms with Crippen LogP contribution in [0, 0.1) is 18.3 Å². The van der Waals surface area contributed by atoms with E-state index in [0.717, 1.165) is 37.9 Å². The first-order valence-electron chi connectivity index (χ1n) is 8.46. The lowest BCUT2D eigenvalue weighted by atomic mass is 9.88. The van der Waals surface area contributed by atoms with Gasteiger partial charge in [0.25, 0.3) is 5.91 Å². The third kappa shape index (κ3) is 4.11. The van der Waals surface area contributed by atoms with Crippen molar-refractivity contribution in [3.8, 4) is 6.07 Å². The van der Waals surface area contributed by atoms with Crippen molar-refractivity contribution in [1.29, 1.82) is 5.26 Å². The lowest BCUT2D eigenvalue weighted by molar-refractivity contribution is 0.0784. The maximum atomic E-state index is 12.6. The average Bonchev–Trinajstić information content (AvgIpc) is 2.55. The molecular weight excluding hydrogens is 286 g/mol. The summed E-state index contributed by atoms with van der Waals surface area (Å²) < 4.78 is 0. The molecule has 0 saturated carbocycles. The van der Waals surface area contributed by atoms with Crippen LogP contribution in [0.3, 0.4) is 0 Å². The molecule has 124 valence electrons. The molecule has 1 fully saturated rings. The number of nitriles is 1. The van der Waals surface area contributed by atoms with Crippen LogP contribution in [0.1, 0.15) is 61.5 Å². The Morgan fingerprint density at radius 3 is 2.65 bits per heavy atom. The molecule has 0 radical (unpaired) electrons. The van der Waals surface area contributed by atoms with E-state index in [2.05, 4.69) is 37.1 Å². The van der Waals surface area contributed by atoms with Gasteiger partial charge < -0.3 is 10.2 Å². The molecule has 1 N–H and O–H groups in total. The van der Waals surface area contributed by atoms with Gasteiger partial charge in [0.15, 0.2) is 0 Å². The van der Waals surface area contributed by atoms with Gasteiger partial charge in [-0.1, -0.05) is 13.0 Å². The van der Waals surface area contributed by atoms with E-state index >= 15 is 0 Å². The lowest BCUT2D eigenvalue weighted by Gasteiger charge is -2.42. The number of hydrogen-bond acceptors (Lipinski definition) is 3. The zero-order valence-corrected chi connectivity index (χ0v) is 14.6. The molecule has 4 heteroatoms. The largest absolute Gasteiger partial charge is 0.347 e. The summed E-state index contributed by atoms with van der Waals surface area (Å²) in [5.41, 5.74) is 1.87. The number of nitrogens with one attached hydrogen (secondary N) is 1. The molecule has 4 nitrogen and oxygen atoms in total. The molecular formula is C19H27N3O. The highest BCUT2D eigenvalue weighted by molar-refractivity contribution is 5.96. The minimum absolute atomic E-state index is 0.0703. The molecule has 1 heterocycles. The predicted octanol–water partition coefficient (Wildman–Crippen LogP) is 3.25. The Hall–Kier alpha value is -1.86. The Morgan fingerprint density at radius 1 is 1.43 bits per heavy atom. The summed E-state index contributed by atoms with van der Waals surface area (Å²) in [7, 11) is 0. The molecule has 1 amide bonds. The molecule has 0 aromatic heterocycles. The molecule has 23 heavy (non-hydrogen) atoms. The van der Waals surface area contributed by atoms with Crippen molar-refractivity contribution < 1.29 is 4.79 Å². The highest BCUT2D eigenvalue weighted by Gasteiger charge is 2.33. The number of carbonyl (C=O) groups is 1. The first-order valence-corrected chi connectivity index (χ1v) is 8.46. The van der Waals surface area contributed by atoms with E-state index in [-0.39, 0.29) is 11.4 Å². The van der Waals surface area contributed by atoms with Crippen LogP contribution in [0.4, 0.5) is 0 Å². The van der Waals surface area contributed by atoms with Gasteiger partial charge in [0.1, 0.15) is 0 Å². The maximum absolute atomic E-state index is 12.6. The van der Waals surface area contributed by atoms with Crippen molar-refractivity contribution in [1.82, 2.24) is 10.2 Å². The van der Waals surface area contributed by atoms with Crippen molar-refractivity contribution in [2.45, 2.75) is 58.5 Å². The number of amides is 1. The van der Waals surface area contributed by atoms with E-state index in [1.54, 1.807) is 12.1 Å². The second-order valence-electron chi connectivity index (χ2n) is 6.95. The number of rotatable bonds is 4. The Morgan fingerprint density at radius 2 is 2.09 bits per heavy atom. The summed E-state index contributed by atoms with van der Waals surface area (Å²) in [6.45, 7) is 10.5. The number of nitrogens with zero attached hydrogens (tertiary/aromatic N) is 2. The summed E-state index contributed by atoms with van der Waals surface area (Å²) in [5, 5.41) is 12.2. The number of hydrogen-bond donors (Lipinski definition) is 1. The Kier molecular flexibility index (Phi) is 5.43. The molecule has 1 aliphatic heterocycles. The van der Waals surface area contributed by atoms with Crippen LogP contribution in [0.5, 0.6) is 0 Å². The van der Waals surface area contributed by atoms with Gasteiger partial charge in [-0.25, -0.2) is 0 Å². The predicted molar refractivity (Wildman–Crippen MR) is 92.3 cm³/mol. The number of likely N-dealkylation sites (tertiary alicyclic amines) is 1. The molecule has 1 unspecified atom stereocenters. The topological polar surface area (TPSA) is 56.1 Å². The summed E-state index contributed by atoms with van der Waals surface area (Å²) in [6.07, 6.45) is 3.07. The molecule has 1 saturated heterocycles. The van der Waals surface area contributed by atoms with E-state index in [1.165, 1.54) is 0 Å². The Bertz CT molecular complexity index is 610. The van der Waals surface area contributed by atoms with Gasteiger partial charge in [-0.2, -0.15) is 5.26 Å². The van der Waals surface area contributed by atoms with Crippen molar-refractivity contribution in [3.05, 3.63) is 34.9 Å². The third-order valence-electron chi connectivity index (χ3n) is 5.14. The standard InChI is InChI=1S/C19H27N3O/c1-5-15(3)22-10-8-19(4,9-11-22)21-18(23)17-12-16(13-20)7-6-14(17)2/h6-7,12,15H,5,8-11H2,1-4H3,(H,21,23). The average molecular weight is 313 g/mol. The van der Waals surface area contributed by atoms with E-state index in [4.69, 9.17) is 5.26 Å². The van der Waals surface area contributed by atoms with Gasteiger partial charge in [-0.05, 0) is 57.7 Å². The van der Waals surface area contributed by atoms with Crippen molar-refractivity contribution in [2.24, 2.45) is 0 Å². The number of piperidine rings is 1. The monoisotopic (exact) mass is 313 g/mol. The van der Waals surface area contributed by atoms with Crippen LogP contribution in [-0.2, 0) is 0 Å². The fraction of sp³-hybridized carbons (Fsp3) is 0.579. The molecule has 0 aliphatic carbocycles. The van der Waals surface area contributed by atoms with Crippen LogP contribution >= 0.6 is 0 Å². The number of benzene rings is 1. The Balaban J connectivity index is 2.05. The first kappa shape index (κ1) is 17.5. The maximum Gasteiger partial charge on any atom is 0.252 e. The first-order chi connectivity index (χ1) is 10.9. The minimum atomic E-state index is -0.171. The second-order valence-corrected chi connectivity index (χ2v) is 6.95. The van der Waals surface area contributed by atoms with E-state index in [9.17, 15) is 4.79 Å². The highest BCUT2D eigenvalue weighted by Crippen LogP contribution is 2.24. The fourth-order valence-corrected chi connectivity index (χ4v) is 3.12. The van der Waals surface area contributed by atoms with Gasteiger partial charge in [-0.3, -0.25) is 4.79 Å². The van der Waals surface area contributed by atoms with Gasteiger partial charge in [-0.15, -0.1) is 0 Å². The van der Waals surface area contributed by atoms with Crippen LogP contribution in [-0.4, -0.2) is 35.5 Å². The molecule has 1 aromatic carbocycles. The molecule has 0 spiro atoms. The Labute approximate surface area is 139 Å². The summed E-state index contributed by atoms with van der Waals surface area (Å²) in [5.74, 6) is -0.0703. The van der Waals surface area contributed by atoms with Crippen LogP contribution in [0.25, 0.3) is 0 Å². The van der Waals surface area contributed by atoms with Crippen LogP contribution < -0.4 is 5.32 Å². The van der Waals surface area contributed by atoms with Crippen molar-refractivity contribution >= 4 is 5.91 Å². The van der Waals surface area contributed by atoms with E-state index in [0.29, 0.717) is 17.2 Å². The lowest BCUT2D eigenvalue weighted by Crippen LogP contribution is -2.54. The molecule has 1 aliphatic rings. The highest BCUT2D eigenvalue weighted by atomic mass is 16.1. The molecule has 2 rings (SSSR count). The van der Waals surface area contributed by atoms with Crippen molar-refractivity contribution in [3.63, 3.8) is 0 Å². The van der Waals surface area contributed by atoms with Gasteiger partial charge in [0.2, 0.25) is 0 Å². The molecule has 1 atom stereocenters. The quantitative estimate of drug-likeness (QED) is 0.928. The number of carbonyl (C=O) groups excluding carboxylic acids is 1. The minimum Gasteiger partial charge on any atom is -0.347 e.